The van der Waals surface area contributed by atoms with E-state index in [0.29, 0.717) is 30.4 Å². The van der Waals surface area contributed by atoms with Crippen molar-refractivity contribution in [3.63, 3.8) is 0 Å². The van der Waals surface area contributed by atoms with Gasteiger partial charge in [-0.25, -0.2) is 4.68 Å². The Morgan fingerprint density at radius 3 is 2.79 bits per heavy atom. The fourth-order valence-electron chi connectivity index (χ4n) is 2.64. The normalized spacial score (nSPS) is 10.7. The molecule has 0 atom stereocenters. The molecule has 0 aliphatic rings. The zero-order chi connectivity index (χ0) is 19.2. The van der Waals surface area contributed by atoms with E-state index in [1.165, 1.54) is 0 Å². The van der Waals surface area contributed by atoms with Crippen molar-refractivity contribution < 1.29 is 9.32 Å². The van der Waals surface area contributed by atoms with Crippen LogP contribution in [0.4, 0.5) is 0 Å². The van der Waals surface area contributed by atoms with Gasteiger partial charge in [-0.1, -0.05) is 29.4 Å². The molecule has 0 unspecified atom stereocenters. The van der Waals surface area contributed by atoms with Crippen molar-refractivity contribution in [2.24, 2.45) is 0 Å². The monoisotopic (exact) mass is 374 g/mol. The maximum absolute atomic E-state index is 12.1. The van der Waals surface area contributed by atoms with Crippen LogP contribution < -0.4 is 5.32 Å². The first-order valence-corrected chi connectivity index (χ1v) is 8.87. The number of carbonyl (C=O) groups is 1. The first-order valence-electron chi connectivity index (χ1n) is 8.87. The first kappa shape index (κ1) is 17.6. The van der Waals surface area contributed by atoms with Crippen LogP contribution in [0, 0.1) is 0 Å². The molecule has 1 aromatic carbocycles. The molecule has 0 saturated heterocycles. The number of pyridine rings is 1. The van der Waals surface area contributed by atoms with Gasteiger partial charge in [-0.05, 0) is 24.3 Å². The van der Waals surface area contributed by atoms with Gasteiger partial charge in [-0.2, -0.15) is 10.1 Å². The fourth-order valence-corrected chi connectivity index (χ4v) is 2.64. The number of benzene rings is 1. The lowest BCUT2D eigenvalue weighted by molar-refractivity contribution is -0.121. The SMILES string of the molecule is O=C(CCc1nc(-c2ccccn2)no1)NCc1cnn(-c2ccccc2)c1. The highest BCUT2D eigenvalue weighted by molar-refractivity contribution is 5.76. The number of nitrogens with zero attached hydrogens (tertiary/aromatic N) is 5. The van der Waals surface area contributed by atoms with Gasteiger partial charge < -0.3 is 9.84 Å². The predicted molar refractivity (Wildman–Crippen MR) is 101 cm³/mol. The van der Waals surface area contributed by atoms with Crippen molar-refractivity contribution >= 4 is 5.91 Å². The summed E-state index contributed by atoms with van der Waals surface area (Å²) < 4.78 is 6.97. The lowest BCUT2D eigenvalue weighted by Crippen LogP contribution is -2.22. The van der Waals surface area contributed by atoms with E-state index in [-0.39, 0.29) is 12.3 Å². The van der Waals surface area contributed by atoms with Crippen LogP contribution in [0.3, 0.4) is 0 Å². The van der Waals surface area contributed by atoms with Gasteiger partial charge in [0.1, 0.15) is 5.69 Å². The summed E-state index contributed by atoms with van der Waals surface area (Å²) >= 11 is 0. The summed E-state index contributed by atoms with van der Waals surface area (Å²) in [6.45, 7) is 0.411. The molecule has 0 aliphatic heterocycles. The van der Waals surface area contributed by atoms with Crippen LogP contribution in [-0.4, -0.2) is 30.8 Å². The minimum absolute atomic E-state index is 0.0925. The quantitative estimate of drug-likeness (QED) is 0.534. The Balaban J connectivity index is 1.26. The molecule has 0 aliphatic carbocycles. The molecule has 1 amide bonds. The average Bonchev–Trinajstić information content (AvgIpc) is 3.42. The Kier molecular flexibility index (Phi) is 5.19. The average molecular weight is 374 g/mol. The number of rotatable bonds is 7. The second-order valence-electron chi connectivity index (χ2n) is 6.13. The number of para-hydroxylation sites is 1. The zero-order valence-electron chi connectivity index (χ0n) is 15.0. The van der Waals surface area contributed by atoms with E-state index in [1.807, 2.05) is 48.7 Å². The Hall–Kier alpha value is -3.81. The lowest BCUT2D eigenvalue weighted by atomic mass is 10.2. The van der Waals surface area contributed by atoms with Crippen molar-refractivity contribution in [1.29, 1.82) is 0 Å². The number of aromatic nitrogens is 5. The third-order valence-corrected chi connectivity index (χ3v) is 4.07. The summed E-state index contributed by atoms with van der Waals surface area (Å²) in [5, 5.41) is 11.1. The summed E-state index contributed by atoms with van der Waals surface area (Å²) in [5.74, 6) is 0.738. The van der Waals surface area contributed by atoms with Crippen molar-refractivity contribution in [3.8, 4) is 17.2 Å². The van der Waals surface area contributed by atoms with Gasteiger partial charge >= 0.3 is 0 Å². The molecular formula is C20H18N6O2. The Morgan fingerprint density at radius 2 is 1.96 bits per heavy atom. The minimum atomic E-state index is -0.0925. The van der Waals surface area contributed by atoms with E-state index in [9.17, 15) is 4.79 Å². The third-order valence-electron chi connectivity index (χ3n) is 4.07. The largest absolute Gasteiger partial charge is 0.352 e. The number of carbonyl (C=O) groups excluding carboxylic acids is 1. The van der Waals surface area contributed by atoms with E-state index >= 15 is 0 Å². The summed E-state index contributed by atoms with van der Waals surface area (Å²) in [7, 11) is 0. The summed E-state index contributed by atoms with van der Waals surface area (Å²) in [4.78, 5) is 20.5. The van der Waals surface area contributed by atoms with Gasteiger partial charge in [0.25, 0.3) is 0 Å². The van der Waals surface area contributed by atoms with Gasteiger partial charge in [0.05, 0.1) is 11.9 Å². The van der Waals surface area contributed by atoms with Gasteiger partial charge in [-0.15, -0.1) is 0 Å². The molecule has 4 aromatic rings. The van der Waals surface area contributed by atoms with Crippen LogP contribution in [-0.2, 0) is 17.8 Å². The van der Waals surface area contributed by atoms with Crippen molar-refractivity contribution in [3.05, 3.63) is 78.6 Å². The summed E-state index contributed by atoms with van der Waals surface area (Å²) in [5.41, 5.74) is 2.53. The van der Waals surface area contributed by atoms with Crippen LogP contribution in [0.2, 0.25) is 0 Å². The number of amides is 1. The van der Waals surface area contributed by atoms with Crippen LogP contribution in [0.15, 0.2) is 71.6 Å². The Bertz CT molecular complexity index is 959. The number of hydrogen-bond donors (Lipinski definition) is 1. The number of aryl methyl sites for hydroxylation is 1. The highest BCUT2D eigenvalue weighted by Crippen LogP contribution is 2.13. The van der Waals surface area contributed by atoms with E-state index in [4.69, 9.17) is 4.52 Å². The molecule has 1 N–H and O–H groups in total. The minimum Gasteiger partial charge on any atom is -0.352 e. The van der Waals surface area contributed by atoms with E-state index in [2.05, 4.69) is 25.5 Å². The lowest BCUT2D eigenvalue weighted by Gasteiger charge is -2.02. The molecule has 0 radical (unpaired) electrons. The maximum Gasteiger partial charge on any atom is 0.227 e. The molecule has 0 spiro atoms. The molecule has 28 heavy (non-hydrogen) atoms. The third kappa shape index (κ3) is 4.29. The molecule has 8 heteroatoms. The Morgan fingerprint density at radius 1 is 1.11 bits per heavy atom. The molecule has 0 bridgehead atoms. The molecule has 8 nitrogen and oxygen atoms in total. The molecule has 140 valence electrons. The molecule has 4 rings (SSSR count). The highest BCUT2D eigenvalue weighted by atomic mass is 16.5. The molecule has 0 fully saturated rings. The number of hydrogen-bond acceptors (Lipinski definition) is 6. The summed E-state index contributed by atoms with van der Waals surface area (Å²) in [6.07, 6.45) is 5.93. The van der Waals surface area contributed by atoms with E-state index in [1.54, 1.807) is 23.1 Å². The molecule has 0 saturated carbocycles. The second-order valence-corrected chi connectivity index (χ2v) is 6.13. The van der Waals surface area contributed by atoms with Crippen molar-refractivity contribution in [2.45, 2.75) is 19.4 Å². The fraction of sp³-hybridized carbons (Fsp3) is 0.150. The van der Waals surface area contributed by atoms with Gasteiger partial charge in [0.15, 0.2) is 0 Å². The van der Waals surface area contributed by atoms with Crippen LogP contribution in [0.5, 0.6) is 0 Å². The van der Waals surface area contributed by atoms with Crippen LogP contribution in [0.1, 0.15) is 17.9 Å². The standard InChI is InChI=1S/C20H18N6O2/c27-18(9-10-19-24-20(25-28-19)17-8-4-5-11-21-17)22-12-15-13-23-26(14-15)16-6-2-1-3-7-16/h1-8,11,13-14H,9-10,12H2,(H,22,27). The topological polar surface area (TPSA) is 98.7 Å². The molecule has 3 aromatic heterocycles. The van der Waals surface area contributed by atoms with Gasteiger partial charge in [0, 0.05) is 37.3 Å². The van der Waals surface area contributed by atoms with E-state index in [0.717, 1.165) is 11.3 Å². The van der Waals surface area contributed by atoms with Crippen molar-refractivity contribution in [2.75, 3.05) is 0 Å². The van der Waals surface area contributed by atoms with Crippen LogP contribution >= 0.6 is 0 Å². The second kappa shape index (κ2) is 8.26. The smallest absolute Gasteiger partial charge is 0.227 e. The van der Waals surface area contributed by atoms with E-state index < -0.39 is 0 Å². The maximum atomic E-state index is 12.1. The predicted octanol–water partition coefficient (Wildman–Crippen LogP) is 2.57. The van der Waals surface area contributed by atoms with Gasteiger partial charge in [-0.3, -0.25) is 9.78 Å². The van der Waals surface area contributed by atoms with Gasteiger partial charge in [0.2, 0.25) is 17.6 Å². The first-order chi connectivity index (χ1) is 13.8. The Labute approximate surface area is 161 Å². The zero-order valence-corrected chi connectivity index (χ0v) is 15.0. The van der Waals surface area contributed by atoms with Crippen LogP contribution in [0.25, 0.3) is 17.2 Å². The molecular weight excluding hydrogens is 356 g/mol. The molecule has 3 heterocycles. The number of nitrogens with one attached hydrogen (secondary N) is 1. The van der Waals surface area contributed by atoms with Crippen molar-refractivity contribution in [1.82, 2.24) is 30.2 Å². The highest BCUT2D eigenvalue weighted by Gasteiger charge is 2.11. The summed E-state index contributed by atoms with van der Waals surface area (Å²) in [6, 6.07) is 15.3.